The van der Waals surface area contributed by atoms with Crippen LogP contribution in [-0.2, 0) is 0 Å². The fourth-order valence-electron chi connectivity index (χ4n) is 3.61. The SMILES string of the molecule is C[C@@H]1C[C@@H](NC(=O)c2nnc3ccccc3c2N)CN1c1ccccc1. The highest BCUT2D eigenvalue weighted by Gasteiger charge is 2.31. The van der Waals surface area contributed by atoms with Crippen LogP contribution in [0.4, 0.5) is 11.4 Å². The van der Waals surface area contributed by atoms with Gasteiger partial charge in [0.15, 0.2) is 5.69 Å². The minimum absolute atomic E-state index is 0.0466. The third kappa shape index (κ3) is 2.94. The molecular formula is C20H21N5O. The quantitative estimate of drug-likeness (QED) is 0.761. The Balaban J connectivity index is 1.51. The van der Waals surface area contributed by atoms with Crippen molar-refractivity contribution in [1.29, 1.82) is 0 Å². The Hall–Kier alpha value is -3.15. The van der Waals surface area contributed by atoms with E-state index in [1.807, 2.05) is 42.5 Å². The van der Waals surface area contributed by atoms with Gasteiger partial charge in [0.2, 0.25) is 0 Å². The second-order valence-electron chi connectivity index (χ2n) is 6.72. The van der Waals surface area contributed by atoms with Crippen LogP contribution >= 0.6 is 0 Å². The van der Waals surface area contributed by atoms with Gasteiger partial charge in [-0.15, -0.1) is 10.2 Å². The van der Waals surface area contributed by atoms with Gasteiger partial charge in [0.25, 0.3) is 5.91 Å². The second kappa shape index (κ2) is 6.63. The van der Waals surface area contributed by atoms with Gasteiger partial charge in [-0.25, -0.2) is 0 Å². The molecule has 2 aromatic carbocycles. The summed E-state index contributed by atoms with van der Waals surface area (Å²) in [7, 11) is 0. The number of aromatic nitrogens is 2. The summed E-state index contributed by atoms with van der Waals surface area (Å²) < 4.78 is 0. The number of fused-ring (bicyclic) bond motifs is 1. The number of hydrogen-bond donors (Lipinski definition) is 2. The largest absolute Gasteiger partial charge is 0.396 e. The summed E-state index contributed by atoms with van der Waals surface area (Å²) in [4.78, 5) is 15.0. The van der Waals surface area contributed by atoms with E-state index >= 15 is 0 Å². The minimum atomic E-state index is -0.270. The standard InChI is InChI=1S/C20H21N5O/c1-13-11-14(12-25(13)15-7-3-2-4-8-15)22-20(26)19-18(21)16-9-5-6-10-17(16)23-24-19/h2-10,13-14H,11-12H2,1H3,(H2,21,23)(H,22,26)/t13-,14-/m1/s1. The first-order chi connectivity index (χ1) is 12.6. The molecule has 4 rings (SSSR count). The van der Waals surface area contributed by atoms with Gasteiger partial charge in [-0.1, -0.05) is 36.4 Å². The number of hydrogen-bond acceptors (Lipinski definition) is 5. The number of nitrogens with two attached hydrogens (primary N) is 1. The van der Waals surface area contributed by atoms with E-state index in [4.69, 9.17) is 5.73 Å². The molecule has 1 saturated heterocycles. The van der Waals surface area contributed by atoms with Gasteiger partial charge in [-0.3, -0.25) is 4.79 Å². The first-order valence-electron chi connectivity index (χ1n) is 8.77. The van der Waals surface area contributed by atoms with E-state index in [-0.39, 0.29) is 17.6 Å². The zero-order valence-electron chi connectivity index (χ0n) is 14.6. The number of nitrogens with zero attached hydrogens (tertiary/aromatic N) is 3. The highest BCUT2D eigenvalue weighted by atomic mass is 16.2. The number of benzene rings is 2. The summed E-state index contributed by atoms with van der Waals surface area (Å²) in [5.74, 6) is -0.270. The van der Waals surface area contributed by atoms with E-state index < -0.39 is 0 Å². The number of nitrogens with one attached hydrogen (secondary N) is 1. The number of anilines is 2. The molecule has 1 amide bonds. The molecular weight excluding hydrogens is 326 g/mol. The van der Waals surface area contributed by atoms with E-state index in [1.54, 1.807) is 0 Å². The molecule has 0 saturated carbocycles. The van der Waals surface area contributed by atoms with E-state index in [0.717, 1.165) is 18.4 Å². The molecule has 0 aliphatic carbocycles. The van der Waals surface area contributed by atoms with Gasteiger partial charge < -0.3 is 16.0 Å². The third-order valence-corrected chi connectivity index (χ3v) is 4.92. The zero-order chi connectivity index (χ0) is 18.1. The smallest absolute Gasteiger partial charge is 0.274 e. The first-order valence-corrected chi connectivity index (χ1v) is 8.77. The Bertz CT molecular complexity index is 943. The average Bonchev–Trinajstić information content (AvgIpc) is 3.03. The van der Waals surface area contributed by atoms with Crippen LogP contribution in [0, 0.1) is 0 Å². The molecule has 6 heteroatoms. The molecule has 6 nitrogen and oxygen atoms in total. The summed E-state index contributed by atoms with van der Waals surface area (Å²) in [5.41, 5.74) is 8.58. The molecule has 1 aliphatic rings. The summed E-state index contributed by atoms with van der Waals surface area (Å²) in [6.45, 7) is 2.93. The van der Waals surface area contributed by atoms with Crippen molar-refractivity contribution in [2.45, 2.75) is 25.4 Å². The van der Waals surface area contributed by atoms with Gasteiger partial charge in [0.1, 0.15) is 0 Å². The Kier molecular flexibility index (Phi) is 4.16. The fraction of sp³-hybridized carbons (Fsp3) is 0.250. The Labute approximate surface area is 152 Å². The summed E-state index contributed by atoms with van der Waals surface area (Å²) in [6.07, 6.45) is 0.877. The van der Waals surface area contributed by atoms with Gasteiger partial charge in [0.05, 0.1) is 11.2 Å². The van der Waals surface area contributed by atoms with Crippen LogP contribution in [0.3, 0.4) is 0 Å². The van der Waals surface area contributed by atoms with Crippen molar-refractivity contribution < 1.29 is 4.79 Å². The van der Waals surface area contributed by atoms with Crippen molar-refractivity contribution in [3.05, 3.63) is 60.3 Å². The number of amides is 1. The number of nitrogen functional groups attached to an aromatic ring is 1. The number of carbonyl (C=O) groups excluding carboxylic acids is 1. The lowest BCUT2D eigenvalue weighted by atomic mass is 10.1. The predicted molar refractivity (Wildman–Crippen MR) is 103 cm³/mol. The second-order valence-corrected chi connectivity index (χ2v) is 6.72. The molecule has 1 fully saturated rings. The van der Waals surface area contributed by atoms with E-state index in [9.17, 15) is 4.79 Å². The Morgan fingerprint density at radius 2 is 1.85 bits per heavy atom. The number of rotatable bonds is 3. The third-order valence-electron chi connectivity index (χ3n) is 4.92. The topological polar surface area (TPSA) is 84.1 Å². The van der Waals surface area contributed by atoms with E-state index in [0.29, 0.717) is 17.2 Å². The monoisotopic (exact) mass is 347 g/mol. The summed E-state index contributed by atoms with van der Waals surface area (Å²) >= 11 is 0. The van der Waals surface area contributed by atoms with Crippen molar-refractivity contribution in [3.8, 4) is 0 Å². The van der Waals surface area contributed by atoms with Crippen LogP contribution in [0.5, 0.6) is 0 Å². The van der Waals surface area contributed by atoms with Crippen molar-refractivity contribution >= 4 is 28.2 Å². The van der Waals surface area contributed by atoms with Gasteiger partial charge in [-0.2, -0.15) is 0 Å². The maximum absolute atomic E-state index is 12.7. The van der Waals surface area contributed by atoms with Crippen LogP contribution in [0.1, 0.15) is 23.8 Å². The lowest BCUT2D eigenvalue weighted by Gasteiger charge is -2.23. The van der Waals surface area contributed by atoms with E-state index in [1.165, 1.54) is 5.69 Å². The number of carbonyl (C=O) groups is 1. The molecule has 0 spiro atoms. The predicted octanol–water partition coefficient (Wildman–Crippen LogP) is 2.61. The highest BCUT2D eigenvalue weighted by molar-refractivity contribution is 6.04. The summed E-state index contributed by atoms with van der Waals surface area (Å²) in [5, 5.41) is 12.0. The summed E-state index contributed by atoms with van der Waals surface area (Å²) in [6, 6.07) is 18.1. The average molecular weight is 347 g/mol. The Morgan fingerprint density at radius 3 is 2.65 bits per heavy atom. The first kappa shape index (κ1) is 16.3. The van der Waals surface area contributed by atoms with Crippen molar-refractivity contribution in [2.75, 3.05) is 17.2 Å². The van der Waals surface area contributed by atoms with Crippen LogP contribution in [0.25, 0.3) is 10.9 Å². The molecule has 0 unspecified atom stereocenters. The van der Waals surface area contributed by atoms with Crippen LogP contribution in [0.15, 0.2) is 54.6 Å². The van der Waals surface area contributed by atoms with Gasteiger partial charge >= 0.3 is 0 Å². The molecule has 2 atom stereocenters. The van der Waals surface area contributed by atoms with Crippen molar-refractivity contribution in [3.63, 3.8) is 0 Å². The molecule has 0 radical (unpaired) electrons. The molecule has 0 bridgehead atoms. The molecule has 26 heavy (non-hydrogen) atoms. The zero-order valence-corrected chi connectivity index (χ0v) is 14.6. The Morgan fingerprint density at radius 1 is 1.12 bits per heavy atom. The molecule has 3 aromatic rings. The minimum Gasteiger partial charge on any atom is -0.396 e. The maximum Gasteiger partial charge on any atom is 0.274 e. The van der Waals surface area contributed by atoms with Crippen molar-refractivity contribution in [1.82, 2.24) is 15.5 Å². The number of para-hydroxylation sites is 1. The normalized spacial score (nSPS) is 19.7. The van der Waals surface area contributed by atoms with E-state index in [2.05, 4.69) is 39.5 Å². The lowest BCUT2D eigenvalue weighted by molar-refractivity contribution is 0.0935. The van der Waals surface area contributed by atoms with Crippen molar-refractivity contribution in [2.24, 2.45) is 0 Å². The van der Waals surface area contributed by atoms with Crippen LogP contribution in [0.2, 0.25) is 0 Å². The molecule has 3 N–H and O–H groups in total. The van der Waals surface area contributed by atoms with Gasteiger partial charge in [0, 0.05) is 29.7 Å². The highest BCUT2D eigenvalue weighted by Crippen LogP contribution is 2.26. The van der Waals surface area contributed by atoms with Gasteiger partial charge in [-0.05, 0) is 31.5 Å². The molecule has 2 heterocycles. The molecule has 132 valence electrons. The fourth-order valence-corrected chi connectivity index (χ4v) is 3.61. The van der Waals surface area contributed by atoms with Crippen LogP contribution < -0.4 is 16.0 Å². The van der Waals surface area contributed by atoms with Crippen LogP contribution in [-0.4, -0.2) is 34.7 Å². The molecule has 1 aliphatic heterocycles. The lowest BCUT2D eigenvalue weighted by Crippen LogP contribution is -2.38. The molecule has 1 aromatic heterocycles. The maximum atomic E-state index is 12.7.